The van der Waals surface area contributed by atoms with Crippen molar-refractivity contribution in [2.75, 3.05) is 13.7 Å². The molecule has 0 saturated carbocycles. The predicted octanol–water partition coefficient (Wildman–Crippen LogP) is 3.75. The fraction of sp³-hybridized carbons (Fsp3) is 0.789. The van der Waals surface area contributed by atoms with Crippen molar-refractivity contribution >= 4 is 12.1 Å². The highest BCUT2D eigenvalue weighted by molar-refractivity contribution is 5.75. The van der Waals surface area contributed by atoms with Crippen LogP contribution in [0.3, 0.4) is 0 Å². The number of hydrogen-bond acceptors (Lipinski definition) is 5. The Morgan fingerprint density at radius 1 is 1.20 bits per heavy atom. The predicted molar refractivity (Wildman–Crippen MR) is 96.0 cm³/mol. The van der Waals surface area contributed by atoms with Gasteiger partial charge in [-0.3, -0.25) is 9.69 Å². The first-order valence-corrected chi connectivity index (χ1v) is 8.61. The highest BCUT2D eigenvalue weighted by Gasteiger charge is 2.45. The fourth-order valence-corrected chi connectivity index (χ4v) is 2.73. The Labute approximate surface area is 151 Å². The maximum Gasteiger partial charge on any atom is 0.413 e. The van der Waals surface area contributed by atoms with Gasteiger partial charge in [0, 0.05) is 0 Å². The van der Waals surface area contributed by atoms with Gasteiger partial charge in [0.15, 0.2) is 0 Å². The first-order valence-electron chi connectivity index (χ1n) is 8.61. The topological polar surface area (TPSA) is 65.1 Å². The second kappa shape index (κ2) is 7.36. The number of methoxy groups -OCH3 is 1. The van der Waals surface area contributed by atoms with Gasteiger partial charge in [-0.15, -0.1) is 0 Å². The standard InChI is InChI=1S/C19H33NO5/c1-17(2,3)14(15(21)23-9)11-10-13-12-24-19(7,8)20(13)16(22)25-18(4,5)6/h10-11,13-14H,12H2,1-9H3/b11-10+/t13-,14-/m1/s1. The number of carbonyl (C=O) groups is 2. The third kappa shape index (κ3) is 5.73. The summed E-state index contributed by atoms with van der Waals surface area (Å²) >= 11 is 0. The van der Waals surface area contributed by atoms with E-state index in [1.165, 1.54) is 7.11 Å². The van der Waals surface area contributed by atoms with Gasteiger partial charge in [-0.05, 0) is 40.0 Å². The van der Waals surface area contributed by atoms with E-state index < -0.39 is 23.3 Å². The summed E-state index contributed by atoms with van der Waals surface area (Å²) in [5, 5.41) is 0. The van der Waals surface area contributed by atoms with Crippen LogP contribution in [0, 0.1) is 11.3 Å². The Morgan fingerprint density at radius 2 is 1.76 bits per heavy atom. The molecule has 144 valence electrons. The maximum atomic E-state index is 12.6. The molecule has 1 rings (SSSR count). The van der Waals surface area contributed by atoms with Gasteiger partial charge in [-0.25, -0.2) is 4.79 Å². The molecule has 2 atom stereocenters. The van der Waals surface area contributed by atoms with Crippen LogP contribution >= 0.6 is 0 Å². The third-order valence-corrected chi connectivity index (χ3v) is 4.02. The zero-order valence-electron chi connectivity index (χ0n) is 17.0. The first kappa shape index (κ1) is 21.5. The molecule has 6 nitrogen and oxygen atoms in total. The quantitative estimate of drug-likeness (QED) is 0.570. The zero-order valence-corrected chi connectivity index (χ0v) is 17.0. The highest BCUT2D eigenvalue weighted by atomic mass is 16.6. The minimum Gasteiger partial charge on any atom is -0.469 e. The number of amides is 1. The Kier molecular flexibility index (Phi) is 6.32. The summed E-state index contributed by atoms with van der Waals surface area (Å²) in [7, 11) is 1.38. The van der Waals surface area contributed by atoms with E-state index in [1.807, 2.05) is 61.5 Å². The van der Waals surface area contributed by atoms with E-state index in [0.29, 0.717) is 6.61 Å². The van der Waals surface area contributed by atoms with Crippen molar-refractivity contribution in [3.8, 4) is 0 Å². The number of rotatable bonds is 3. The molecule has 0 N–H and O–H groups in total. The Balaban J connectivity index is 3.05. The second-order valence-corrected chi connectivity index (χ2v) is 8.93. The van der Waals surface area contributed by atoms with Crippen LogP contribution in [-0.4, -0.2) is 48.0 Å². The Bertz CT molecular complexity index is 525. The Hall–Kier alpha value is -1.56. The lowest BCUT2D eigenvalue weighted by Gasteiger charge is -2.34. The zero-order chi connectivity index (χ0) is 19.6. The lowest BCUT2D eigenvalue weighted by molar-refractivity contribution is -0.146. The Morgan fingerprint density at radius 3 is 2.20 bits per heavy atom. The molecule has 1 saturated heterocycles. The highest BCUT2D eigenvalue weighted by Crippen LogP contribution is 2.32. The van der Waals surface area contributed by atoms with Crippen LogP contribution in [0.25, 0.3) is 0 Å². The molecule has 0 spiro atoms. The van der Waals surface area contributed by atoms with Gasteiger partial charge in [0.2, 0.25) is 0 Å². The van der Waals surface area contributed by atoms with Gasteiger partial charge in [-0.2, -0.15) is 0 Å². The van der Waals surface area contributed by atoms with Crippen LogP contribution in [0.1, 0.15) is 55.4 Å². The molecular formula is C19H33NO5. The van der Waals surface area contributed by atoms with Crippen LogP contribution in [-0.2, 0) is 19.0 Å². The lowest BCUT2D eigenvalue weighted by atomic mass is 9.80. The molecule has 0 aromatic heterocycles. The normalized spacial score (nSPS) is 22.1. The van der Waals surface area contributed by atoms with E-state index in [-0.39, 0.29) is 17.4 Å². The van der Waals surface area contributed by atoms with Crippen LogP contribution in [0.4, 0.5) is 4.79 Å². The lowest BCUT2D eigenvalue weighted by Crippen LogP contribution is -2.49. The molecule has 6 heteroatoms. The molecule has 1 aliphatic heterocycles. The average molecular weight is 355 g/mol. The number of carbonyl (C=O) groups excluding carboxylic acids is 2. The second-order valence-electron chi connectivity index (χ2n) is 8.93. The molecule has 1 aliphatic rings. The van der Waals surface area contributed by atoms with Gasteiger partial charge in [0.1, 0.15) is 11.3 Å². The van der Waals surface area contributed by atoms with E-state index in [0.717, 1.165) is 0 Å². The van der Waals surface area contributed by atoms with Gasteiger partial charge < -0.3 is 14.2 Å². The fourth-order valence-electron chi connectivity index (χ4n) is 2.73. The number of nitrogens with zero attached hydrogens (tertiary/aromatic N) is 1. The van der Waals surface area contributed by atoms with E-state index in [9.17, 15) is 9.59 Å². The van der Waals surface area contributed by atoms with E-state index >= 15 is 0 Å². The van der Waals surface area contributed by atoms with Crippen molar-refractivity contribution in [3.05, 3.63) is 12.2 Å². The van der Waals surface area contributed by atoms with E-state index in [4.69, 9.17) is 14.2 Å². The van der Waals surface area contributed by atoms with Crippen molar-refractivity contribution in [1.29, 1.82) is 0 Å². The van der Waals surface area contributed by atoms with Crippen molar-refractivity contribution in [2.45, 2.75) is 72.8 Å². The molecule has 0 aromatic carbocycles. The smallest absolute Gasteiger partial charge is 0.413 e. The minimum atomic E-state index is -0.778. The van der Waals surface area contributed by atoms with Gasteiger partial charge in [0.25, 0.3) is 0 Å². The summed E-state index contributed by atoms with van der Waals surface area (Å²) in [5.41, 5.74) is -1.67. The van der Waals surface area contributed by atoms with E-state index in [2.05, 4.69) is 0 Å². The summed E-state index contributed by atoms with van der Waals surface area (Å²) in [5.74, 6) is -0.715. The number of ether oxygens (including phenoxy) is 3. The number of esters is 1. The monoisotopic (exact) mass is 355 g/mol. The molecule has 0 unspecified atom stereocenters. The van der Waals surface area contributed by atoms with Crippen molar-refractivity contribution in [3.63, 3.8) is 0 Å². The first-order chi connectivity index (χ1) is 11.2. The third-order valence-electron chi connectivity index (χ3n) is 4.02. The van der Waals surface area contributed by atoms with Gasteiger partial charge in [-0.1, -0.05) is 32.9 Å². The SMILES string of the molecule is COC(=O)[C@@H](/C=C/[C@@H]1COC(C)(C)N1C(=O)OC(C)(C)C)C(C)(C)C. The molecular weight excluding hydrogens is 322 g/mol. The van der Waals surface area contributed by atoms with Crippen LogP contribution in [0.15, 0.2) is 12.2 Å². The van der Waals surface area contributed by atoms with Crippen LogP contribution in [0.2, 0.25) is 0 Å². The molecule has 1 heterocycles. The summed E-state index contributed by atoms with van der Waals surface area (Å²) in [6.07, 6.45) is 3.21. The molecule has 25 heavy (non-hydrogen) atoms. The molecule has 0 radical (unpaired) electrons. The van der Waals surface area contributed by atoms with Gasteiger partial charge >= 0.3 is 12.1 Å². The number of hydrogen-bond donors (Lipinski definition) is 0. The minimum absolute atomic E-state index is 0.296. The molecule has 1 amide bonds. The molecule has 0 aromatic rings. The van der Waals surface area contributed by atoms with Crippen LogP contribution < -0.4 is 0 Å². The maximum absolute atomic E-state index is 12.6. The summed E-state index contributed by atoms with van der Waals surface area (Å²) in [6, 6.07) is -0.306. The van der Waals surface area contributed by atoms with Crippen LogP contribution in [0.5, 0.6) is 0 Å². The largest absolute Gasteiger partial charge is 0.469 e. The molecule has 1 fully saturated rings. The summed E-state index contributed by atoms with van der Waals surface area (Å²) in [6.45, 7) is 15.4. The summed E-state index contributed by atoms with van der Waals surface area (Å²) in [4.78, 5) is 26.3. The summed E-state index contributed by atoms with van der Waals surface area (Å²) < 4.78 is 16.2. The van der Waals surface area contributed by atoms with Crippen molar-refractivity contribution in [2.24, 2.45) is 11.3 Å². The van der Waals surface area contributed by atoms with Crippen molar-refractivity contribution < 1.29 is 23.8 Å². The molecule has 0 bridgehead atoms. The van der Waals surface area contributed by atoms with Crippen molar-refractivity contribution in [1.82, 2.24) is 4.90 Å². The van der Waals surface area contributed by atoms with E-state index in [1.54, 1.807) is 11.0 Å². The average Bonchev–Trinajstić information content (AvgIpc) is 2.70. The molecule has 0 aliphatic carbocycles. The van der Waals surface area contributed by atoms with Gasteiger partial charge in [0.05, 0.1) is 25.7 Å².